The lowest BCUT2D eigenvalue weighted by Gasteiger charge is -2.20. The van der Waals surface area contributed by atoms with E-state index >= 15 is 0 Å². The van der Waals surface area contributed by atoms with Crippen molar-refractivity contribution in [3.05, 3.63) is 53.6 Å². The van der Waals surface area contributed by atoms with Gasteiger partial charge < -0.3 is 19.3 Å². The number of anilines is 1. The Morgan fingerprint density at radius 1 is 0.958 bits per heavy atom. The molecule has 2 aromatic rings. The average molecular weight is 328 g/mol. The molecule has 0 fully saturated rings. The van der Waals surface area contributed by atoms with E-state index < -0.39 is 0 Å². The van der Waals surface area contributed by atoms with Gasteiger partial charge in [-0.1, -0.05) is 12.1 Å². The summed E-state index contributed by atoms with van der Waals surface area (Å²) in [5.41, 5.74) is 2.72. The lowest BCUT2D eigenvalue weighted by atomic mass is 10.1. The van der Waals surface area contributed by atoms with Crippen molar-refractivity contribution in [3.63, 3.8) is 0 Å². The number of carbonyl (C=O) groups is 1. The van der Waals surface area contributed by atoms with Crippen molar-refractivity contribution in [2.45, 2.75) is 6.54 Å². The first-order valence-corrected chi connectivity index (χ1v) is 7.70. The van der Waals surface area contributed by atoms with Crippen LogP contribution in [-0.2, 0) is 6.54 Å². The number of hydrogen-bond donors (Lipinski definition) is 0. The molecule has 0 aromatic heterocycles. The number of rotatable bonds is 6. The van der Waals surface area contributed by atoms with E-state index in [4.69, 9.17) is 9.47 Å². The van der Waals surface area contributed by atoms with Gasteiger partial charge in [0.25, 0.3) is 5.91 Å². The van der Waals surface area contributed by atoms with Crippen molar-refractivity contribution >= 4 is 11.6 Å². The molecule has 0 saturated carbocycles. The Labute approximate surface area is 143 Å². The van der Waals surface area contributed by atoms with Crippen molar-refractivity contribution in [2.75, 3.05) is 40.3 Å². The largest absolute Gasteiger partial charge is 0.497 e. The smallest absolute Gasteiger partial charge is 0.257 e. The van der Waals surface area contributed by atoms with Gasteiger partial charge in [0.05, 0.1) is 19.8 Å². The Hall–Kier alpha value is -2.69. The van der Waals surface area contributed by atoms with E-state index in [1.54, 1.807) is 44.4 Å². The molecule has 0 radical (unpaired) electrons. The van der Waals surface area contributed by atoms with Crippen LogP contribution >= 0.6 is 0 Å². The van der Waals surface area contributed by atoms with Crippen LogP contribution in [0.15, 0.2) is 42.5 Å². The summed E-state index contributed by atoms with van der Waals surface area (Å²) in [6, 6.07) is 13.4. The van der Waals surface area contributed by atoms with Gasteiger partial charge in [0.15, 0.2) is 0 Å². The highest BCUT2D eigenvalue weighted by Crippen LogP contribution is 2.26. The van der Waals surface area contributed by atoms with Crippen LogP contribution in [0.5, 0.6) is 11.5 Å². The fraction of sp³-hybridized carbons (Fsp3) is 0.316. The Bertz CT molecular complexity index is 696. The summed E-state index contributed by atoms with van der Waals surface area (Å²) in [6.45, 7) is 0.529. The summed E-state index contributed by atoms with van der Waals surface area (Å²) in [4.78, 5) is 16.4. The van der Waals surface area contributed by atoms with Gasteiger partial charge in [-0.3, -0.25) is 4.79 Å². The first kappa shape index (κ1) is 17.7. The maximum Gasteiger partial charge on any atom is 0.257 e. The van der Waals surface area contributed by atoms with Crippen molar-refractivity contribution in [3.8, 4) is 11.5 Å². The number of methoxy groups -OCH3 is 2. The Morgan fingerprint density at radius 3 is 2.17 bits per heavy atom. The van der Waals surface area contributed by atoms with Crippen molar-refractivity contribution in [1.82, 2.24) is 4.90 Å². The topological polar surface area (TPSA) is 42.0 Å². The van der Waals surface area contributed by atoms with Crippen molar-refractivity contribution in [2.24, 2.45) is 0 Å². The monoisotopic (exact) mass is 328 g/mol. The van der Waals surface area contributed by atoms with Gasteiger partial charge in [0.2, 0.25) is 0 Å². The van der Waals surface area contributed by atoms with Crippen LogP contribution in [0, 0.1) is 0 Å². The summed E-state index contributed by atoms with van der Waals surface area (Å²) in [5, 5.41) is 0. The summed E-state index contributed by atoms with van der Waals surface area (Å²) < 4.78 is 10.5. The minimum atomic E-state index is -0.0915. The molecule has 24 heavy (non-hydrogen) atoms. The molecule has 0 unspecified atom stereocenters. The van der Waals surface area contributed by atoms with Crippen molar-refractivity contribution < 1.29 is 14.3 Å². The third-order valence-corrected chi connectivity index (χ3v) is 3.86. The zero-order valence-corrected chi connectivity index (χ0v) is 14.9. The molecule has 0 bridgehead atoms. The summed E-state index contributed by atoms with van der Waals surface area (Å²) in [6.07, 6.45) is 0. The molecule has 0 aliphatic carbocycles. The normalized spacial score (nSPS) is 10.2. The van der Waals surface area contributed by atoms with Crippen LogP contribution in [-0.4, -0.2) is 46.2 Å². The predicted molar refractivity (Wildman–Crippen MR) is 96.1 cm³/mol. The first-order chi connectivity index (χ1) is 11.5. The summed E-state index contributed by atoms with van der Waals surface area (Å²) in [5.74, 6) is 1.07. The number of nitrogens with zero attached hydrogens (tertiary/aromatic N) is 2. The van der Waals surface area contributed by atoms with E-state index in [2.05, 4.69) is 0 Å². The second kappa shape index (κ2) is 7.73. The number of amides is 1. The van der Waals surface area contributed by atoms with Crippen LogP contribution in [0.25, 0.3) is 0 Å². The zero-order chi connectivity index (χ0) is 17.7. The summed E-state index contributed by atoms with van der Waals surface area (Å²) >= 11 is 0. The predicted octanol–water partition coefficient (Wildman–Crippen LogP) is 3.04. The molecular formula is C19H24N2O3. The molecule has 128 valence electrons. The fourth-order valence-corrected chi connectivity index (χ4v) is 2.43. The SMILES string of the molecule is COc1ccc(C(=O)N(C)Cc2ccc(N(C)C)cc2)c(OC)c1. The number of carbonyl (C=O) groups excluding carboxylic acids is 1. The van der Waals surface area contributed by atoms with Crippen LogP contribution < -0.4 is 14.4 Å². The number of benzene rings is 2. The molecule has 0 spiro atoms. The average Bonchev–Trinajstić information content (AvgIpc) is 2.60. The first-order valence-electron chi connectivity index (χ1n) is 7.70. The van der Waals surface area contributed by atoms with Crippen LogP contribution in [0.3, 0.4) is 0 Å². The van der Waals surface area contributed by atoms with Gasteiger partial charge in [-0.05, 0) is 29.8 Å². The number of hydrogen-bond acceptors (Lipinski definition) is 4. The molecule has 0 atom stereocenters. The molecule has 0 aliphatic heterocycles. The van der Waals surface area contributed by atoms with Gasteiger partial charge in [-0.25, -0.2) is 0 Å². The minimum Gasteiger partial charge on any atom is -0.497 e. The van der Waals surface area contributed by atoms with E-state index in [-0.39, 0.29) is 5.91 Å². The highest BCUT2D eigenvalue weighted by molar-refractivity contribution is 5.97. The van der Waals surface area contributed by atoms with Gasteiger partial charge in [0, 0.05) is 39.4 Å². The van der Waals surface area contributed by atoms with E-state index in [0.29, 0.717) is 23.6 Å². The lowest BCUT2D eigenvalue weighted by molar-refractivity contribution is 0.0781. The highest BCUT2D eigenvalue weighted by Gasteiger charge is 2.17. The Kier molecular flexibility index (Phi) is 5.68. The number of ether oxygens (including phenoxy) is 2. The summed E-state index contributed by atoms with van der Waals surface area (Å²) in [7, 11) is 8.92. The van der Waals surface area contributed by atoms with Crippen LogP contribution in [0.1, 0.15) is 15.9 Å². The molecule has 0 heterocycles. The lowest BCUT2D eigenvalue weighted by Crippen LogP contribution is -2.26. The van der Waals surface area contributed by atoms with Crippen LogP contribution in [0.4, 0.5) is 5.69 Å². The fourth-order valence-electron chi connectivity index (χ4n) is 2.43. The van der Waals surface area contributed by atoms with E-state index in [9.17, 15) is 4.79 Å². The van der Waals surface area contributed by atoms with Gasteiger partial charge in [0.1, 0.15) is 11.5 Å². The second-order valence-corrected chi connectivity index (χ2v) is 5.79. The quantitative estimate of drug-likeness (QED) is 0.817. The van der Waals surface area contributed by atoms with Gasteiger partial charge >= 0.3 is 0 Å². The molecular weight excluding hydrogens is 304 g/mol. The maximum absolute atomic E-state index is 12.7. The maximum atomic E-state index is 12.7. The minimum absolute atomic E-state index is 0.0915. The van der Waals surface area contributed by atoms with Gasteiger partial charge in [-0.15, -0.1) is 0 Å². The zero-order valence-electron chi connectivity index (χ0n) is 14.9. The molecule has 0 saturated heterocycles. The van der Waals surface area contributed by atoms with E-state index in [0.717, 1.165) is 11.3 Å². The van der Waals surface area contributed by atoms with Gasteiger partial charge in [-0.2, -0.15) is 0 Å². The molecule has 0 aliphatic rings. The highest BCUT2D eigenvalue weighted by atomic mass is 16.5. The third kappa shape index (κ3) is 3.98. The third-order valence-electron chi connectivity index (χ3n) is 3.86. The molecule has 5 heteroatoms. The standard InChI is InChI=1S/C19H24N2O3/c1-20(2)15-8-6-14(7-9-15)13-21(3)19(22)17-11-10-16(23-4)12-18(17)24-5/h6-12H,13H2,1-5H3. The van der Waals surface area contributed by atoms with Crippen molar-refractivity contribution in [1.29, 1.82) is 0 Å². The molecule has 2 aromatic carbocycles. The molecule has 0 N–H and O–H groups in total. The molecule has 2 rings (SSSR count). The Morgan fingerprint density at radius 2 is 1.62 bits per heavy atom. The van der Waals surface area contributed by atoms with E-state index in [1.165, 1.54) is 0 Å². The second-order valence-electron chi connectivity index (χ2n) is 5.79. The Balaban J connectivity index is 2.14. The van der Waals surface area contributed by atoms with E-state index in [1.807, 2.05) is 43.3 Å². The molecule has 1 amide bonds. The van der Waals surface area contributed by atoms with Crippen LogP contribution in [0.2, 0.25) is 0 Å². The molecule has 5 nitrogen and oxygen atoms in total.